The molecule has 0 saturated carbocycles. The number of hydrogen-bond acceptors (Lipinski definition) is 5. The third-order valence-corrected chi connectivity index (χ3v) is 4.90. The van der Waals surface area contributed by atoms with Gasteiger partial charge in [0.15, 0.2) is 9.84 Å². The Hall–Kier alpha value is -1.93. The molecule has 0 heterocycles. The van der Waals surface area contributed by atoms with Crippen molar-refractivity contribution >= 4 is 37.1 Å². The molecule has 0 unspecified atom stereocenters. The lowest BCUT2D eigenvalue weighted by Crippen LogP contribution is -2.05. The van der Waals surface area contributed by atoms with Crippen LogP contribution in [0.4, 0.5) is 11.4 Å². The van der Waals surface area contributed by atoms with Crippen LogP contribution < -0.4 is 5.32 Å². The second-order valence-corrected chi connectivity index (χ2v) is 7.50. The smallest absolute Gasteiger partial charge is 0.288 e. The van der Waals surface area contributed by atoms with Gasteiger partial charge in [-0.3, -0.25) is 10.1 Å². The summed E-state index contributed by atoms with van der Waals surface area (Å²) >= 11 is 3.42. The first-order valence-electron chi connectivity index (χ1n) is 6.25. The summed E-state index contributed by atoms with van der Waals surface area (Å²) in [7, 11) is -3.68. The van der Waals surface area contributed by atoms with Crippen molar-refractivity contribution in [2.75, 3.05) is 11.6 Å². The van der Waals surface area contributed by atoms with Gasteiger partial charge in [0.2, 0.25) is 0 Å². The predicted octanol–water partition coefficient (Wildman–Crippen LogP) is 3.37. The maximum absolute atomic E-state index is 11.7. The minimum atomic E-state index is -3.68. The molecule has 2 aromatic carbocycles. The van der Waals surface area contributed by atoms with Crippen molar-refractivity contribution in [1.29, 1.82) is 0 Å². The van der Waals surface area contributed by atoms with Gasteiger partial charge >= 0.3 is 0 Å². The molecule has 1 N–H and O–H groups in total. The Labute approximate surface area is 136 Å². The zero-order valence-electron chi connectivity index (χ0n) is 11.6. The van der Waals surface area contributed by atoms with Crippen LogP contribution in [0.25, 0.3) is 0 Å². The SMILES string of the molecule is CS(=O)(=O)c1cc(NCc2ccccc2Br)ccc1[N+](=O)[O-]. The Morgan fingerprint density at radius 1 is 1.23 bits per heavy atom. The second kappa shape index (κ2) is 6.45. The van der Waals surface area contributed by atoms with E-state index in [0.717, 1.165) is 16.3 Å². The van der Waals surface area contributed by atoms with Crippen LogP contribution in [-0.2, 0) is 16.4 Å². The highest BCUT2D eigenvalue weighted by Crippen LogP contribution is 2.27. The molecular formula is C14H13BrN2O4S. The summed E-state index contributed by atoms with van der Waals surface area (Å²) in [6.45, 7) is 0.461. The second-order valence-electron chi connectivity index (χ2n) is 4.66. The quantitative estimate of drug-likeness (QED) is 0.630. The van der Waals surface area contributed by atoms with E-state index in [1.165, 1.54) is 18.2 Å². The summed E-state index contributed by atoms with van der Waals surface area (Å²) in [4.78, 5) is 9.92. The molecule has 22 heavy (non-hydrogen) atoms. The summed E-state index contributed by atoms with van der Waals surface area (Å²) in [6.07, 6.45) is 0.951. The average Bonchev–Trinajstić information content (AvgIpc) is 2.45. The number of nitro groups is 1. The molecule has 0 aliphatic heterocycles. The number of benzene rings is 2. The zero-order valence-corrected chi connectivity index (χ0v) is 14.0. The molecule has 0 aliphatic rings. The van der Waals surface area contributed by atoms with Crippen LogP contribution in [0.1, 0.15) is 5.56 Å². The number of nitrogens with zero attached hydrogens (tertiary/aromatic N) is 1. The molecule has 116 valence electrons. The number of sulfone groups is 1. The minimum absolute atomic E-state index is 0.297. The van der Waals surface area contributed by atoms with Gasteiger partial charge in [0.05, 0.1) is 4.92 Å². The van der Waals surface area contributed by atoms with E-state index in [1.54, 1.807) is 0 Å². The molecule has 0 fully saturated rings. The molecule has 0 saturated heterocycles. The van der Waals surface area contributed by atoms with E-state index in [1.807, 2.05) is 24.3 Å². The summed E-state index contributed by atoms with van der Waals surface area (Å²) in [5, 5.41) is 14.0. The van der Waals surface area contributed by atoms with E-state index in [0.29, 0.717) is 12.2 Å². The highest BCUT2D eigenvalue weighted by atomic mass is 79.9. The maximum Gasteiger partial charge on any atom is 0.288 e. The van der Waals surface area contributed by atoms with Gasteiger partial charge in [0.25, 0.3) is 5.69 Å². The largest absolute Gasteiger partial charge is 0.381 e. The lowest BCUT2D eigenvalue weighted by atomic mass is 10.2. The van der Waals surface area contributed by atoms with Gasteiger partial charge in [-0.2, -0.15) is 0 Å². The number of nitro benzene ring substituents is 1. The molecule has 2 rings (SSSR count). The number of anilines is 1. The van der Waals surface area contributed by atoms with Crippen LogP contribution in [0.2, 0.25) is 0 Å². The van der Waals surface area contributed by atoms with Gasteiger partial charge in [0.1, 0.15) is 4.90 Å². The Kier molecular flexibility index (Phi) is 4.82. The maximum atomic E-state index is 11.7. The van der Waals surface area contributed by atoms with E-state index >= 15 is 0 Å². The fourth-order valence-corrected chi connectivity index (χ4v) is 3.20. The summed E-state index contributed by atoms with van der Waals surface area (Å²) < 4.78 is 24.3. The lowest BCUT2D eigenvalue weighted by molar-refractivity contribution is -0.387. The lowest BCUT2D eigenvalue weighted by Gasteiger charge is -2.09. The van der Waals surface area contributed by atoms with Crippen molar-refractivity contribution in [2.45, 2.75) is 11.4 Å². The fourth-order valence-electron chi connectivity index (χ4n) is 1.91. The number of nitrogens with one attached hydrogen (secondary N) is 1. The van der Waals surface area contributed by atoms with E-state index in [4.69, 9.17) is 0 Å². The van der Waals surface area contributed by atoms with Crippen molar-refractivity contribution < 1.29 is 13.3 Å². The molecule has 8 heteroatoms. The summed E-state index contributed by atoms with van der Waals surface area (Å²) in [6, 6.07) is 11.6. The Balaban J connectivity index is 2.30. The summed E-state index contributed by atoms with van der Waals surface area (Å²) in [5.41, 5.74) is 1.07. The third-order valence-electron chi connectivity index (χ3n) is 3.00. The van der Waals surface area contributed by atoms with Gasteiger partial charge in [0, 0.05) is 29.0 Å². The molecule has 0 amide bonds. The molecule has 6 nitrogen and oxygen atoms in total. The van der Waals surface area contributed by atoms with Crippen molar-refractivity contribution in [2.24, 2.45) is 0 Å². The standard InChI is InChI=1S/C14H13BrN2O4S/c1-22(20,21)14-8-11(6-7-13(14)17(18)19)16-9-10-4-2-3-5-12(10)15/h2-8,16H,9H2,1H3. The Morgan fingerprint density at radius 3 is 2.50 bits per heavy atom. The van der Waals surface area contributed by atoms with Crippen molar-refractivity contribution in [1.82, 2.24) is 0 Å². The van der Waals surface area contributed by atoms with Crippen LogP contribution in [0, 0.1) is 10.1 Å². The molecule has 0 aliphatic carbocycles. The van der Waals surface area contributed by atoms with E-state index in [-0.39, 0.29) is 4.90 Å². The molecule has 0 atom stereocenters. The number of hydrogen-bond donors (Lipinski definition) is 1. The summed E-state index contributed by atoms with van der Waals surface area (Å²) in [5.74, 6) is 0. The first-order chi connectivity index (χ1) is 10.3. The number of halogens is 1. The van der Waals surface area contributed by atoms with Gasteiger partial charge in [-0.25, -0.2) is 8.42 Å². The van der Waals surface area contributed by atoms with Gasteiger partial charge < -0.3 is 5.32 Å². The molecule has 0 radical (unpaired) electrons. The van der Waals surface area contributed by atoms with Gasteiger partial charge in [-0.1, -0.05) is 34.1 Å². The van der Waals surface area contributed by atoms with Crippen LogP contribution in [0.15, 0.2) is 51.8 Å². The van der Waals surface area contributed by atoms with Gasteiger partial charge in [-0.15, -0.1) is 0 Å². The van der Waals surface area contributed by atoms with Gasteiger partial charge in [-0.05, 0) is 23.8 Å². The van der Waals surface area contributed by atoms with Crippen LogP contribution in [-0.4, -0.2) is 19.6 Å². The normalized spacial score (nSPS) is 11.2. The third kappa shape index (κ3) is 3.83. The predicted molar refractivity (Wildman–Crippen MR) is 87.7 cm³/mol. The topological polar surface area (TPSA) is 89.3 Å². The molecule has 0 bridgehead atoms. The van der Waals surface area contributed by atoms with Crippen LogP contribution in [0.5, 0.6) is 0 Å². The van der Waals surface area contributed by atoms with Crippen molar-refractivity contribution in [3.05, 3.63) is 62.6 Å². The Morgan fingerprint density at radius 2 is 1.91 bits per heavy atom. The van der Waals surface area contributed by atoms with Crippen LogP contribution >= 0.6 is 15.9 Å². The molecule has 2 aromatic rings. The first-order valence-corrected chi connectivity index (χ1v) is 8.93. The first kappa shape index (κ1) is 16.4. The highest BCUT2D eigenvalue weighted by molar-refractivity contribution is 9.10. The Bertz CT molecular complexity index is 821. The van der Waals surface area contributed by atoms with Crippen molar-refractivity contribution in [3.63, 3.8) is 0 Å². The van der Waals surface area contributed by atoms with Crippen molar-refractivity contribution in [3.8, 4) is 0 Å². The highest BCUT2D eigenvalue weighted by Gasteiger charge is 2.22. The fraction of sp³-hybridized carbons (Fsp3) is 0.143. The average molecular weight is 385 g/mol. The van der Waals surface area contributed by atoms with E-state index in [2.05, 4.69) is 21.2 Å². The number of rotatable bonds is 5. The molecular weight excluding hydrogens is 372 g/mol. The molecule has 0 spiro atoms. The monoisotopic (exact) mass is 384 g/mol. The van der Waals surface area contributed by atoms with E-state index < -0.39 is 20.4 Å². The molecule has 0 aromatic heterocycles. The zero-order chi connectivity index (χ0) is 16.3. The van der Waals surface area contributed by atoms with Crippen LogP contribution in [0.3, 0.4) is 0 Å². The van der Waals surface area contributed by atoms with E-state index in [9.17, 15) is 18.5 Å². The minimum Gasteiger partial charge on any atom is -0.381 e.